The van der Waals surface area contributed by atoms with Gasteiger partial charge >= 0.3 is 0 Å². The van der Waals surface area contributed by atoms with Crippen LogP contribution in [0.15, 0.2) is 30.5 Å². The zero-order valence-corrected chi connectivity index (χ0v) is 12.4. The third kappa shape index (κ3) is 1.89. The molecule has 0 unspecified atom stereocenters. The second-order valence-electron chi connectivity index (χ2n) is 6.40. The molecule has 1 aromatic carbocycles. The first-order valence-corrected chi connectivity index (χ1v) is 7.80. The van der Waals surface area contributed by atoms with Crippen LogP contribution in [0.25, 0.3) is 10.9 Å². The fourth-order valence-electron chi connectivity index (χ4n) is 4.03. The van der Waals surface area contributed by atoms with E-state index in [1.54, 1.807) is 0 Å². The summed E-state index contributed by atoms with van der Waals surface area (Å²) in [4.78, 5) is 17.8. The summed E-state index contributed by atoms with van der Waals surface area (Å²) in [7, 11) is 1.95. The smallest absolute Gasteiger partial charge is 0.241 e. The molecule has 2 heterocycles. The van der Waals surface area contributed by atoms with Crippen molar-refractivity contribution in [1.29, 1.82) is 0 Å². The summed E-state index contributed by atoms with van der Waals surface area (Å²) in [6, 6.07) is 8.19. The highest BCUT2D eigenvalue weighted by molar-refractivity contribution is 5.88. The number of amides is 1. The average Bonchev–Trinajstić information content (AvgIpc) is 3.18. The van der Waals surface area contributed by atoms with Gasteiger partial charge in [-0.1, -0.05) is 18.2 Å². The molecule has 4 heteroatoms. The van der Waals surface area contributed by atoms with Crippen molar-refractivity contribution in [3.8, 4) is 0 Å². The highest BCUT2D eigenvalue weighted by atomic mass is 16.2. The second-order valence-corrected chi connectivity index (χ2v) is 6.40. The zero-order valence-electron chi connectivity index (χ0n) is 12.4. The van der Waals surface area contributed by atoms with Gasteiger partial charge in [0.05, 0.1) is 11.7 Å². The van der Waals surface area contributed by atoms with Gasteiger partial charge in [0.25, 0.3) is 0 Å². The quantitative estimate of drug-likeness (QED) is 0.889. The minimum absolute atomic E-state index is 0.0755. The van der Waals surface area contributed by atoms with Gasteiger partial charge in [0.1, 0.15) is 0 Å². The number of H-pyrrole nitrogens is 1. The average molecular weight is 283 g/mol. The molecule has 1 atom stereocenters. The Hall–Kier alpha value is -1.81. The first kappa shape index (κ1) is 12.9. The number of aromatic amines is 1. The molecule has 4 nitrogen and oxygen atoms in total. The topological polar surface area (TPSA) is 48.1 Å². The molecule has 0 bridgehead atoms. The first-order valence-electron chi connectivity index (χ1n) is 7.80. The van der Waals surface area contributed by atoms with E-state index in [9.17, 15) is 4.79 Å². The number of aromatic nitrogens is 1. The molecule has 1 aliphatic heterocycles. The Morgan fingerprint density at radius 1 is 1.29 bits per heavy atom. The van der Waals surface area contributed by atoms with Crippen LogP contribution in [-0.2, 0) is 11.2 Å². The Balaban J connectivity index is 1.61. The van der Waals surface area contributed by atoms with Gasteiger partial charge in [0.15, 0.2) is 0 Å². The van der Waals surface area contributed by atoms with Crippen LogP contribution >= 0.6 is 0 Å². The van der Waals surface area contributed by atoms with E-state index in [1.165, 1.54) is 23.8 Å². The lowest BCUT2D eigenvalue weighted by molar-refractivity contribution is -0.130. The zero-order chi connectivity index (χ0) is 14.4. The molecule has 1 aromatic heterocycles. The summed E-state index contributed by atoms with van der Waals surface area (Å²) in [5.41, 5.74) is 2.29. The third-order valence-electron chi connectivity index (χ3n) is 5.24. The lowest BCUT2D eigenvalue weighted by Gasteiger charge is -2.31. The lowest BCUT2D eigenvalue weighted by atomic mass is 10.0. The van der Waals surface area contributed by atoms with Crippen LogP contribution in [0.2, 0.25) is 0 Å². The fourth-order valence-corrected chi connectivity index (χ4v) is 4.03. The van der Waals surface area contributed by atoms with Crippen molar-refractivity contribution in [3.05, 3.63) is 36.0 Å². The van der Waals surface area contributed by atoms with Gasteiger partial charge in [-0.25, -0.2) is 0 Å². The molecule has 0 radical (unpaired) electrons. The molecule has 1 saturated carbocycles. The molecule has 21 heavy (non-hydrogen) atoms. The van der Waals surface area contributed by atoms with E-state index < -0.39 is 0 Å². The number of hydrogen-bond acceptors (Lipinski definition) is 2. The van der Waals surface area contributed by atoms with E-state index in [0.29, 0.717) is 0 Å². The molecular weight excluding hydrogens is 262 g/mol. The van der Waals surface area contributed by atoms with E-state index >= 15 is 0 Å². The Kier molecular flexibility index (Phi) is 2.82. The summed E-state index contributed by atoms with van der Waals surface area (Å²) in [6.45, 7) is 0. The number of nitrogens with zero attached hydrogens (tertiary/aromatic N) is 1. The predicted octanol–water partition coefficient (Wildman–Crippen LogP) is 2.41. The number of carbonyl (C=O) groups is 1. The molecule has 2 aromatic rings. The number of likely N-dealkylation sites (N-methyl/N-ethyl adjacent to an activating group) is 1. The predicted molar refractivity (Wildman–Crippen MR) is 82.9 cm³/mol. The molecule has 110 valence electrons. The van der Waals surface area contributed by atoms with Gasteiger partial charge in [-0.2, -0.15) is 0 Å². The number of para-hydroxylation sites is 1. The van der Waals surface area contributed by atoms with Crippen molar-refractivity contribution in [2.45, 2.75) is 43.8 Å². The van der Waals surface area contributed by atoms with Crippen LogP contribution in [0.5, 0.6) is 0 Å². The first-order chi connectivity index (χ1) is 10.2. The van der Waals surface area contributed by atoms with Gasteiger partial charge in [0, 0.05) is 24.1 Å². The fraction of sp³-hybridized carbons (Fsp3) is 0.471. The Labute approximate surface area is 124 Å². The van der Waals surface area contributed by atoms with Crippen LogP contribution in [0, 0.1) is 0 Å². The maximum atomic E-state index is 12.6. The van der Waals surface area contributed by atoms with E-state index in [4.69, 9.17) is 0 Å². The van der Waals surface area contributed by atoms with Crippen molar-refractivity contribution in [3.63, 3.8) is 0 Å². The van der Waals surface area contributed by atoms with Crippen molar-refractivity contribution >= 4 is 16.8 Å². The number of benzene rings is 1. The van der Waals surface area contributed by atoms with Crippen molar-refractivity contribution in [1.82, 2.24) is 15.2 Å². The van der Waals surface area contributed by atoms with Gasteiger partial charge in [0.2, 0.25) is 5.91 Å². The van der Waals surface area contributed by atoms with Crippen LogP contribution in [0.1, 0.15) is 31.2 Å². The van der Waals surface area contributed by atoms with Crippen molar-refractivity contribution in [2.24, 2.45) is 0 Å². The molecule has 2 N–H and O–H groups in total. The molecule has 1 amide bonds. The second kappa shape index (κ2) is 4.60. The molecular formula is C17H21N3O. The Morgan fingerprint density at radius 2 is 2.05 bits per heavy atom. The molecule has 1 spiro atoms. The van der Waals surface area contributed by atoms with Crippen molar-refractivity contribution in [2.75, 3.05) is 7.05 Å². The highest BCUT2D eigenvalue weighted by Crippen LogP contribution is 2.37. The minimum atomic E-state index is -0.0905. The van der Waals surface area contributed by atoms with E-state index in [2.05, 4.69) is 22.4 Å². The highest BCUT2D eigenvalue weighted by Gasteiger charge is 2.49. The number of nitrogens with one attached hydrogen (secondary N) is 2. The van der Waals surface area contributed by atoms with Gasteiger partial charge in [-0.3, -0.25) is 10.1 Å². The maximum absolute atomic E-state index is 12.6. The van der Waals surface area contributed by atoms with Crippen LogP contribution in [0.3, 0.4) is 0 Å². The van der Waals surface area contributed by atoms with Crippen LogP contribution in [-0.4, -0.2) is 34.5 Å². The number of fused-ring (bicyclic) bond motifs is 1. The largest absolute Gasteiger partial charge is 0.361 e. The molecule has 2 aliphatic rings. The van der Waals surface area contributed by atoms with Crippen LogP contribution < -0.4 is 5.32 Å². The number of rotatable bonds is 2. The van der Waals surface area contributed by atoms with Gasteiger partial charge in [-0.15, -0.1) is 0 Å². The summed E-state index contributed by atoms with van der Waals surface area (Å²) < 4.78 is 0. The van der Waals surface area contributed by atoms with Gasteiger partial charge < -0.3 is 9.88 Å². The standard InChI is InChI=1S/C17H21N3O/c1-20-16(21)15(19-17(20)8-4-5-9-17)10-12-11-18-14-7-3-2-6-13(12)14/h2-3,6-7,11,15,18-19H,4-5,8-10H2,1H3/t15-/m0/s1. The maximum Gasteiger partial charge on any atom is 0.241 e. The lowest BCUT2D eigenvalue weighted by Crippen LogP contribution is -2.48. The monoisotopic (exact) mass is 283 g/mol. The Bertz CT molecular complexity index is 684. The van der Waals surface area contributed by atoms with E-state index in [-0.39, 0.29) is 17.6 Å². The normalized spacial score (nSPS) is 24.5. The van der Waals surface area contributed by atoms with Crippen molar-refractivity contribution < 1.29 is 4.79 Å². The summed E-state index contributed by atoms with van der Waals surface area (Å²) in [5, 5.41) is 4.86. The number of carbonyl (C=O) groups excluding carboxylic acids is 1. The SMILES string of the molecule is CN1C(=O)[C@H](Cc2c[nH]c3ccccc23)NC12CCCC2. The Morgan fingerprint density at radius 3 is 2.86 bits per heavy atom. The summed E-state index contributed by atoms with van der Waals surface area (Å²) in [5.74, 6) is 0.238. The minimum Gasteiger partial charge on any atom is -0.361 e. The van der Waals surface area contributed by atoms with E-state index in [1.807, 2.05) is 30.3 Å². The van der Waals surface area contributed by atoms with E-state index in [0.717, 1.165) is 24.8 Å². The van der Waals surface area contributed by atoms with Gasteiger partial charge in [-0.05, 0) is 43.7 Å². The molecule has 4 rings (SSSR count). The molecule has 1 aliphatic carbocycles. The number of hydrogen-bond donors (Lipinski definition) is 2. The summed E-state index contributed by atoms with van der Waals surface area (Å²) in [6.07, 6.45) is 7.39. The molecule has 1 saturated heterocycles. The van der Waals surface area contributed by atoms with Crippen LogP contribution in [0.4, 0.5) is 0 Å². The summed E-state index contributed by atoms with van der Waals surface area (Å²) >= 11 is 0. The third-order valence-corrected chi connectivity index (χ3v) is 5.24. The molecule has 2 fully saturated rings.